The Morgan fingerprint density at radius 2 is 1.97 bits per heavy atom. The van der Waals surface area contributed by atoms with E-state index in [0.29, 0.717) is 43.9 Å². The SMILES string of the molecule is COCCc1nc2c(N)nc3ccccc3c2n1CCCCN(C(=O)OC)C1CS(=O)(=O)C1. The van der Waals surface area contributed by atoms with Crippen LogP contribution in [0.3, 0.4) is 0 Å². The van der Waals surface area contributed by atoms with Gasteiger partial charge in [-0.3, -0.25) is 0 Å². The lowest BCUT2D eigenvalue weighted by Crippen LogP contribution is -2.55. The average molecular weight is 476 g/mol. The molecular formula is C22H29N5O5S. The molecule has 0 radical (unpaired) electrons. The van der Waals surface area contributed by atoms with Gasteiger partial charge in [-0.25, -0.2) is 23.2 Å². The lowest BCUT2D eigenvalue weighted by molar-refractivity contribution is 0.109. The molecule has 1 aliphatic heterocycles. The Kier molecular flexibility index (Phi) is 6.71. The number of unbranched alkanes of at least 4 members (excludes halogenated alkanes) is 1. The van der Waals surface area contributed by atoms with Gasteiger partial charge in [-0.2, -0.15) is 0 Å². The molecule has 0 aliphatic carbocycles. The molecule has 4 rings (SSSR count). The number of rotatable bonds is 9. The van der Waals surface area contributed by atoms with E-state index in [1.54, 1.807) is 7.11 Å². The van der Waals surface area contributed by atoms with Crippen molar-refractivity contribution in [3.8, 4) is 0 Å². The maximum absolute atomic E-state index is 12.2. The first-order valence-corrected chi connectivity index (χ1v) is 12.7. The third-order valence-corrected chi connectivity index (χ3v) is 7.78. The van der Waals surface area contributed by atoms with E-state index in [1.807, 2.05) is 24.3 Å². The molecule has 1 fully saturated rings. The van der Waals surface area contributed by atoms with E-state index >= 15 is 0 Å². The Morgan fingerprint density at radius 1 is 1.21 bits per heavy atom. The molecule has 0 bridgehead atoms. The third kappa shape index (κ3) is 4.74. The minimum absolute atomic E-state index is 0.00626. The minimum atomic E-state index is -3.04. The highest BCUT2D eigenvalue weighted by Crippen LogP contribution is 2.29. The van der Waals surface area contributed by atoms with E-state index in [0.717, 1.165) is 28.7 Å². The number of carbonyl (C=O) groups is 1. The number of pyridine rings is 1. The number of imidazole rings is 1. The summed E-state index contributed by atoms with van der Waals surface area (Å²) in [5.41, 5.74) is 8.66. The molecule has 1 aliphatic rings. The van der Waals surface area contributed by atoms with Crippen molar-refractivity contribution in [2.75, 3.05) is 44.6 Å². The van der Waals surface area contributed by atoms with Gasteiger partial charge in [0.15, 0.2) is 15.7 Å². The molecular weight excluding hydrogens is 446 g/mol. The molecule has 3 aromatic rings. The van der Waals surface area contributed by atoms with Gasteiger partial charge in [-0.1, -0.05) is 18.2 Å². The number of fused-ring (bicyclic) bond motifs is 3. The second-order valence-electron chi connectivity index (χ2n) is 8.24. The number of nitrogen functional groups attached to an aromatic ring is 1. The van der Waals surface area contributed by atoms with Crippen molar-refractivity contribution in [1.82, 2.24) is 19.4 Å². The minimum Gasteiger partial charge on any atom is -0.453 e. The normalized spacial score (nSPS) is 15.6. The summed E-state index contributed by atoms with van der Waals surface area (Å²) in [6, 6.07) is 7.52. The highest BCUT2D eigenvalue weighted by molar-refractivity contribution is 7.92. The van der Waals surface area contributed by atoms with E-state index in [4.69, 9.17) is 20.2 Å². The zero-order valence-corrected chi connectivity index (χ0v) is 19.7. The van der Waals surface area contributed by atoms with Crippen LogP contribution in [0.15, 0.2) is 24.3 Å². The average Bonchev–Trinajstić information content (AvgIpc) is 3.15. The lowest BCUT2D eigenvalue weighted by Gasteiger charge is -2.36. The molecule has 2 N–H and O–H groups in total. The summed E-state index contributed by atoms with van der Waals surface area (Å²) in [7, 11) is -0.0742. The van der Waals surface area contributed by atoms with Crippen LogP contribution in [-0.2, 0) is 32.3 Å². The van der Waals surface area contributed by atoms with E-state index < -0.39 is 15.9 Å². The Morgan fingerprint density at radius 3 is 2.67 bits per heavy atom. The number of hydrogen-bond donors (Lipinski definition) is 1. The Bertz CT molecular complexity index is 1260. The smallest absolute Gasteiger partial charge is 0.409 e. The molecule has 1 saturated heterocycles. The van der Waals surface area contributed by atoms with E-state index in [-0.39, 0.29) is 17.5 Å². The summed E-state index contributed by atoms with van der Waals surface area (Å²) in [6.45, 7) is 1.62. The number of benzene rings is 1. The fraction of sp³-hybridized carbons (Fsp3) is 0.500. The zero-order valence-electron chi connectivity index (χ0n) is 18.9. The van der Waals surface area contributed by atoms with Crippen LogP contribution in [0, 0.1) is 0 Å². The molecule has 0 spiro atoms. The molecule has 1 aromatic carbocycles. The van der Waals surface area contributed by atoms with Gasteiger partial charge in [0.25, 0.3) is 0 Å². The molecule has 3 heterocycles. The summed E-state index contributed by atoms with van der Waals surface area (Å²) in [5, 5.41) is 0.980. The number of anilines is 1. The molecule has 0 atom stereocenters. The lowest BCUT2D eigenvalue weighted by atomic mass is 10.2. The monoisotopic (exact) mass is 475 g/mol. The summed E-state index contributed by atoms with van der Waals surface area (Å²) < 4.78 is 35.4. The number of sulfone groups is 1. The number of para-hydroxylation sites is 1. The summed E-state index contributed by atoms with van der Waals surface area (Å²) in [4.78, 5) is 23.0. The Hall–Kier alpha value is -2.92. The molecule has 0 unspecified atom stereocenters. The van der Waals surface area contributed by atoms with Crippen molar-refractivity contribution in [1.29, 1.82) is 0 Å². The molecule has 1 amide bonds. The molecule has 2 aromatic heterocycles. The van der Waals surface area contributed by atoms with Crippen molar-refractivity contribution in [3.05, 3.63) is 30.1 Å². The highest BCUT2D eigenvalue weighted by atomic mass is 32.2. The first kappa shape index (κ1) is 23.2. The van der Waals surface area contributed by atoms with Crippen molar-refractivity contribution < 1.29 is 22.7 Å². The van der Waals surface area contributed by atoms with Crippen LogP contribution in [0.5, 0.6) is 0 Å². The third-order valence-electron chi connectivity index (χ3n) is 5.99. The molecule has 11 heteroatoms. The fourth-order valence-electron chi connectivity index (χ4n) is 4.34. The van der Waals surface area contributed by atoms with Gasteiger partial charge in [0, 0.05) is 32.0 Å². The number of amides is 1. The van der Waals surface area contributed by atoms with Crippen LogP contribution >= 0.6 is 0 Å². The second-order valence-corrected chi connectivity index (χ2v) is 10.4. The van der Waals surface area contributed by atoms with Gasteiger partial charge in [0.05, 0.1) is 42.3 Å². The Labute approximate surface area is 192 Å². The fourth-order valence-corrected chi connectivity index (χ4v) is 5.77. The van der Waals surface area contributed by atoms with Crippen molar-refractivity contribution in [2.45, 2.75) is 31.8 Å². The van der Waals surface area contributed by atoms with Gasteiger partial charge in [0.1, 0.15) is 11.3 Å². The number of nitrogens with two attached hydrogens (primary N) is 1. The van der Waals surface area contributed by atoms with Crippen LogP contribution < -0.4 is 5.73 Å². The maximum atomic E-state index is 12.2. The van der Waals surface area contributed by atoms with E-state index in [2.05, 4.69) is 9.55 Å². The topological polar surface area (TPSA) is 130 Å². The second kappa shape index (κ2) is 9.52. The molecule has 33 heavy (non-hydrogen) atoms. The maximum Gasteiger partial charge on any atom is 0.409 e. The first-order chi connectivity index (χ1) is 15.8. The van der Waals surface area contributed by atoms with Gasteiger partial charge >= 0.3 is 6.09 Å². The van der Waals surface area contributed by atoms with Gasteiger partial charge in [0.2, 0.25) is 0 Å². The standard InChI is InChI=1S/C22H29N5O5S/c1-31-12-9-18-25-19-20(16-7-3-4-8-17(16)24-21(19)23)27(18)11-6-5-10-26(22(28)32-2)15-13-33(29,30)14-15/h3-4,7-8,15H,5-6,9-14H2,1-2H3,(H2,23,24). The van der Waals surface area contributed by atoms with Crippen molar-refractivity contribution >= 4 is 43.7 Å². The largest absolute Gasteiger partial charge is 0.453 e. The van der Waals surface area contributed by atoms with Crippen LogP contribution in [0.25, 0.3) is 21.9 Å². The van der Waals surface area contributed by atoms with Gasteiger partial charge in [-0.15, -0.1) is 0 Å². The number of nitrogens with zero attached hydrogens (tertiary/aromatic N) is 4. The van der Waals surface area contributed by atoms with Gasteiger partial charge < -0.3 is 24.7 Å². The van der Waals surface area contributed by atoms with Crippen LogP contribution in [-0.4, -0.2) is 78.9 Å². The van der Waals surface area contributed by atoms with Crippen LogP contribution in [0.2, 0.25) is 0 Å². The number of methoxy groups -OCH3 is 2. The zero-order chi connectivity index (χ0) is 23.6. The quantitative estimate of drug-likeness (QED) is 0.465. The van der Waals surface area contributed by atoms with E-state index in [1.165, 1.54) is 12.0 Å². The number of aryl methyl sites for hydroxylation is 1. The summed E-state index contributed by atoms with van der Waals surface area (Å²) in [6.07, 6.45) is 1.59. The van der Waals surface area contributed by atoms with Crippen molar-refractivity contribution in [2.24, 2.45) is 0 Å². The molecule has 178 valence electrons. The Balaban J connectivity index is 1.55. The highest BCUT2D eigenvalue weighted by Gasteiger charge is 2.40. The molecule has 10 nitrogen and oxygen atoms in total. The van der Waals surface area contributed by atoms with Crippen molar-refractivity contribution in [3.63, 3.8) is 0 Å². The first-order valence-electron chi connectivity index (χ1n) is 10.9. The predicted octanol–water partition coefficient (Wildman–Crippen LogP) is 2.00. The number of carbonyl (C=O) groups excluding carboxylic acids is 1. The number of hydrogen-bond acceptors (Lipinski definition) is 8. The number of aromatic nitrogens is 3. The van der Waals surface area contributed by atoms with Gasteiger partial charge in [-0.05, 0) is 18.9 Å². The molecule has 0 saturated carbocycles. The van der Waals surface area contributed by atoms with Crippen LogP contribution in [0.4, 0.5) is 10.6 Å². The summed E-state index contributed by atoms with van der Waals surface area (Å²) >= 11 is 0. The van der Waals surface area contributed by atoms with Crippen LogP contribution in [0.1, 0.15) is 18.7 Å². The van der Waals surface area contributed by atoms with E-state index in [9.17, 15) is 13.2 Å². The number of ether oxygens (including phenoxy) is 2. The predicted molar refractivity (Wildman–Crippen MR) is 126 cm³/mol. The summed E-state index contributed by atoms with van der Waals surface area (Å²) in [5.74, 6) is 1.25.